The van der Waals surface area contributed by atoms with Gasteiger partial charge in [0, 0.05) is 31.1 Å². The summed E-state index contributed by atoms with van der Waals surface area (Å²) in [5.74, 6) is 0.750. The summed E-state index contributed by atoms with van der Waals surface area (Å²) in [5.41, 5.74) is 0.990. The second-order valence-electron chi connectivity index (χ2n) is 4.41. The summed E-state index contributed by atoms with van der Waals surface area (Å²) in [6.07, 6.45) is 0. The Morgan fingerprint density at radius 3 is 3.00 bits per heavy atom. The number of para-hydroxylation sites is 1. The average Bonchev–Trinajstić information content (AvgIpc) is 2.86. The van der Waals surface area contributed by atoms with E-state index >= 15 is 0 Å². The number of nitrogens with zero attached hydrogens (tertiary/aromatic N) is 1. The number of halogens is 1. The van der Waals surface area contributed by atoms with E-state index in [4.69, 9.17) is 9.47 Å². The van der Waals surface area contributed by atoms with Gasteiger partial charge in [-0.15, -0.1) is 0 Å². The molecule has 0 N–H and O–H groups in total. The van der Waals surface area contributed by atoms with Crippen molar-refractivity contribution in [2.45, 2.75) is 5.92 Å². The molecular formula is C14H18BrNO3. The van der Waals surface area contributed by atoms with E-state index in [0.29, 0.717) is 26.3 Å². The molecule has 0 radical (unpaired) electrons. The summed E-state index contributed by atoms with van der Waals surface area (Å²) in [6, 6.07) is 7.74. The number of carbonyl (C=O) groups is 1. The van der Waals surface area contributed by atoms with Crippen LogP contribution in [0.5, 0.6) is 5.75 Å². The first kappa shape index (κ1) is 14.3. The number of methoxy groups -OCH3 is 1. The number of hydrogen-bond donors (Lipinski definition) is 0. The quantitative estimate of drug-likeness (QED) is 0.750. The molecule has 1 atom stereocenters. The van der Waals surface area contributed by atoms with Crippen molar-refractivity contribution in [2.75, 3.05) is 38.7 Å². The van der Waals surface area contributed by atoms with E-state index in [9.17, 15) is 4.79 Å². The first-order valence-electron chi connectivity index (χ1n) is 6.33. The summed E-state index contributed by atoms with van der Waals surface area (Å²) in [4.78, 5) is 14.4. The first-order chi connectivity index (χ1) is 9.27. The van der Waals surface area contributed by atoms with Crippen LogP contribution in [0, 0.1) is 0 Å². The largest absolute Gasteiger partial charge is 0.492 e. The van der Waals surface area contributed by atoms with Crippen molar-refractivity contribution in [3.63, 3.8) is 0 Å². The Morgan fingerprint density at radius 2 is 2.26 bits per heavy atom. The third-order valence-corrected chi connectivity index (χ3v) is 3.58. The van der Waals surface area contributed by atoms with Gasteiger partial charge < -0.3 is 14.4 Å². The van der Waals surface area contributed by atoms with Crippen LogP contribution in [-0.4, -0.2) is 49.6 Å². The number of ether oxygens (including phenoxy) is 2. The van der Waals surface area contributed by atoms with Crippen molar-refractivity contribution in [1.82, 2.24) is 4.90 Å². The highest BCUT2D eigenvalue weighted by Gasteiger charge is 2.32. The van der Waals surface area contributed by atoms with Gasteiger partial charge in [-0.05, 0) is 6.07 Å². The minimum atomic E-state index is -0.188. The standard InChI is InChI=1S/C14H18BrNO3/c1-18-9-8-16(7-6-15)14(17)12-10-19-13-5-3-2-4-11(12)13/h2-5,12H,6-10H2,1H3. The number of fused-ring (bicyclic) bond motifs is 1. The fourth-order valence-corrected chi connectivity index (χ4v) is 2.65. The van der Waals surface area contributed by atoms with Crippen molar-refractivity contribution >= 4 is 21.8 Å². The van der Waals surface area contributed by atoms with Crippen LogP contribution in [0.3, 0.4) is 0 Å². The second-order valence-corrected chi connectivity index (χ2v) is 5.20. The van der Waals surface area contributed by atoms with E-state index < -0.39 is 0 Å². The normalized spacial score (nSPS) is 16.8. The number of rotatable bonds is 6. The Hall–Kier alpha value is -1.07. The van der Waals surface area contributed by atoms with Crippen LogP contribution < -0.4 is 4.74 Å². The summed E-state index contributed by atoms with van der Waals surface area (Å²) in [5, 5.41) is 0.762. The fraction of sp³-hybridized carbons (Fsp3) is 0.500. The van der Waals surface area contributed by atoms with E-state index in [2.05, 4.69) is 15.9 Å². The van der Waals surface area contributed by atoms with Crippen LogP contribution in [-0.2, 0) is 9.53 Å². The molecule has 4 nitrogen and oxygen atoms in total. The van der Waals surface area contributed by atoms with Gasteiger partial charge >= 0.3 is 0 Å². The molecule has 0 aromatic heterocycles. The third-order valence-electron chi connectivity index (χ3n) is 3.23. The lowest BCUT2D eigenvalue weighted by atomic mass is 10.00. The molecule has 0 saturated carbocycles. The zero-order valence-corrected chi connectivity index (χ0v) is 12.6. The Bertz CT molecular complexity index is 438. The minimum absolute atomic E-state index is 0.112. The molecule has 1 aliphatic rings. The first-order valence-corrected chi connectivity index (χ1v) is 7.45. The Kier molecular flexibility index (Phi) is 5.22. The summed E-state index contributed by atoms with van der Waals surface area (Å²) in [7, 11) is 1.64. The van der Waals surface area contributed by atoms with Crippen LogP contribution in [0.15, 0.2) is 24.3 Å². The number of alkyl halides is 1. The second kappa shape index (κ2) is 6.91. The van der Waals surface area contributed by atoms with Gasteiger partial charge in [-0.2, -0.15) is 0 Å². The van der Waals surface area contributed by atoms with E-state index in [0.717, 1.165) is 16.6 Å². The molecule has 1 aliphatic heterocycles. The van der Waals surface area contributed by atoms with Gasteiger partial charge in [-0.3, -0.25) is 4.79 Å². The lowest BCUT2D eigenvalue weighted by Crippen LogP contribution is -2.39. The van der Waals surface area contributed by atoms with Crippen LogP contribution in [0.1, 0.15) is 11.5 Å². The molecule has 0 spiro atoms. The van der Waals surface area contributed by atoms with Crippen LogP contribution in [0.4, 0.5) is 0 Å². The fourth-order valence-electron chi connectivity index (χ4n) is 2.22. The molecule has 104 valence electrons. The van der Waals surface area contributed by atoms with Gasteiger partial charge in [0.05, 0.1) is 6.61 Å². The highest BCUT2D eigenvalue weighted by Crippen LogP contribution is 2.34. The highest BCUT2D eigenvalue weighted by molar-refractivity contribution is 9.09. The molecule has 1 aromatic carbocycles. The molecule has 0 fully saturated rings. The van der Waals surface area contributed by atoms with E-state index in [-0.39, 0.29) is 11.8 Å². The van der Waals surface area contributed by atoms with E-state index in [1.54, 1.807) is 7.11 Å². The molecule has 1 unspecified atom stereocenters. The monoisotopic (exact) mass is 327 g/mol. The molecule has 1 amide bonds. The Labute approximate surface area is 121 Å². The maximum Gasteiger partial charge on any atom is 0.233 e. The summed E-state index contributed by atoms with van der Waals surface area (Å²) in [6.45, 7) is 2.28. The average molecular weight is 328 g/mol. The minimum Gasteiger partial charge on any atom is -0.492 e. The van der Waals surface area contributed by atoms with Crippen molar-refractivity contribution < 1.29 is 14.3 Å². The summed E-state index contributed by atoms with van der Waals surface area (Å²) < 4.78 is 10.6. The number of amides is 1. The van der Waals surface area contributed by atoms with Crippen LogP contribution in [0.2, 0.25) is 0 Å². The van der Waals surface area contributed by atoms with Crippen molar-refractivity contribution in [1.29, 1.82) is 0 Å². The molecule has 1 heterocycles. The Morgan fingerprint density at radius 1 is 1.47 bits per heavy atom. The molecule has 1 aromatic rings. The zero-order valence-electron chi connectivity index (χ0n) is 11.0. The number of carbonyl (C=O) groups excluding carboxylic acids is 1. The molecule has 0 bridgehead atoms. The lowest BCUT2D eigenvalue weighted by Gasteiger charge is -2.24. The SMILES string of the molecule is COCCN(CCBr)C(=O)C1COc2ccccc21. The van der Waals surface area contributed by atoms with Crippen LogP contribution >= 0.6 is 15.9 Å². The highest BCUT2D eigenvalue weighted by atomic mass is 79.9. The van der Waals surface area contributed by atoms with Crippen molar-refractivity contribution in [2.24, 2.45) is 0 Å². The van der Waals surface area contributed by atoms with Gasteiger partial charge in [0.15, 0.2) is 0 Å². The van der Waals surface area contributed by atoms with Gasteiger partial charge in [-0.25, -0.2) is 0 Å². The summed E-state index contributed by atoms with van der Waals surface area (Å²) >= 11 is 3.38. The predicted molar refractivity (Wildman–Crippen MR) is 76.9 cm³/mol. The molecule has 0 saturated heterocycles. The third kappa shape index (κ3) is 3.28. The van der Waals surface area contributed by atoms with E-state index in [1.807, 2.05) is 29.2 Å². The molecule has 19 heavy (non-hydrogen) atoms. The smallest absolute Gasteiger partial charge is 0.233 e. The maximum atomic E-state index is 12.6. The van der Waals surface area contributed by atoms with Crippen molar-refractivity contribution in [3.05, 3.63) is 29.8 Å². The van der Waals surface area contributed by atoms with Crippen LogP contribution in [0.25, 0.3) is 0 Å². The van der Waals surface area contributed by atoms with E-state index in [1.165, 1.54) is 0 Å². The number of benzene rings is 1. The van der Waals surface area contributed by atoms with Crippen molar-refractivity contribution in [3.8, 4) is 5.75 Å². The molecular weight excluding hydrogens is 310 g/mol. The number of hydrogen-bond acceptors (Lipinski definition) is 3. The van der Waals surface area contributed by atoms with Gasteiger partial charge in [0.25, 0.3) is 0 Å². The molecule has 0 aliphatic carbocycles. The Balaban J connectivity index is 2.10. The van der Waals surface area contributed by atoms with Gasteiger partial charge in [0.1, 0.15) is 18.3 Å². The van der Waals surface area contributed by atoms with Gasteiger partial charge in [0.2, 0.25) is 5.91 Å². The lowest BCUT2D eigenvalue weighted by molar-refractivity contribution is -0.133. The van der Waals surface area contributed by atoms with Gasteiger partial charge in [-0.1, -0.05) is 34.1 Å². The zero-order chi connectivity index (χ0) is 13.7. The molecule has 2 rings (SSSR count). The maximum absolute atomic E-state index is 12.6. The predicted octanol–water partition coefficient (Wildman–Crippen LogP) is 2.03. The molecule has 5 heteroatoms. The topological polar surface area (TPSA) is 38.8 Å².